The number of carbonyl (C=O) groups is 2. The first kappa shape index (κ1) is 28.7. The molecule has 0 fully saturated rings. The molecule has 8 nitrogen and oxygen atoms in total. The van der Waals surface area contributed by atoms with Crippen LogP contribution in [0.5, 0.6) is 0 Å². The van der Waals surface area contributed by atoms with Crippen molar-refractivity contribution in [2.45, 2.75) is 19.6 Å². The van der Waals surface area contributed by atoms with Crippen molar-refractivity contribution in [3.05, 3.63) is 107 Å². The number of benzene rings is 4. The Bertz CT molecular complexity index is 1850. The Morgan fingerprint density at radius 2 is 1.00 bits per heavy atom. The Morgan fingerprint density at radius 3 is 1.39 bits per heavy atom. The SMILES string of the molecule is N#C/C(=C\c1ccc2c(c1)Sc1ccccc1N2CCN1c2ccccc2Sc2cc(/C=C(\C#N)C(=O)O)ccc21)C(=O)O. The van der Waals surface area contributed by atoms with E-state index in [1.54, 1.807) is 35.7 Å². The summed E-state index contributed by atoms with van der Waals surface area (Å²) in [7, 11) is 0. The number of rotatable bonds is 7. The fourth-order valence-corrected chi connectivity index (χ4v) is 7.47. The van der Waals surface area contributed by atoms with Crippen molar-refractivity contribution >= 4 is 70.4 Å². The van der Waals surface area contributed by atoms with Crippen LogP contribution in [0.3, 0.4) is 0 Å². The Labute approximate surface area is 261 Å². The monoisotopic (exact) mass is 614 g/mol. The molecule has 0 aromatic heterocycles. The average molecular weight is 615 g/mol. The molecule has 0 radical (unpaired) electrons. The number of nitriles is 2. The minimum Gasteiger partial charge on any atom is -0.477 e. The smallest absolute Gasteiger partial charge is 0.346 e. The van der Waals surface area contributed by atoms with Gasteiger partial charge < -0.3 is 20.0 Å². The fraction of sp³-hybridized carbons (Fsp3) is 0.0588. The van der Waals surface area contributed by atoms with E-state index in [9.17, 15) is 30.3 Å². The van der Waals surface area contributed by atoms with Crippen LogP contribution >= 0.6 is 23.5 Å². The van der Waals surface area contributed by atoms with E-state index < -0.39 is 11.9 Å². The summed E-state index contributed by atoms with van der Waals surface area (Å²) in [6.45, 7) is 1.24. The molecule has 2 aliphatic heterocycles. The van der Waals surface area contributed by atoms with Gasteiger partial charge in [0, 0.05) is 32.7 Å². The second-order valence-electron chi connectivity index (χ2n) is 9.85. The quantitative estimate of drug-likeness (QED) is 0.159. The molecule has 0 spiro atoms. The fourth-order valence-electron chi connectivity index (χ4n) is 5.18. The third kappa shape index (κ3) is 5.52. The van der Waals surface area contributed by atoms with Crippen LogP contribution in [0.15, 0.2) is 116 Å². The number of hydrogen-bond donors (Lipinski definition) is 2. The van der Waals surface area contributed by atoms with Gasteiger partial charge in [-0.25, -0.2) is 9.59 Å². The average Bonchev–Trinajstić information content (AvgIpc) is 3.03. The summed E-state index contributed by atoms with van der Waals surface area (Å²) in [5.41, 5.74) is 4.72. The maximum Gasteiger partial charge on any atom is 0.346 e. The first-order chi connectivity index (χ1) is 21.4. The van der Waals surface area contributed by atoms with Crippen molar-refractivity contribution in [3.63, 3.8) is 0 Å². The number of hydrogen-bond acceptors (Lipinski definition) is 8. The minimum absolute atomic E-state index is 0.325. The molecular formula is C34H22N4O4S2. The highest BCUT2D eigenvalue weighted by Gasteiger charge is 2.27. The second kappa shape index (κ2) is 12.1. The molecule has 2 aliphatic rings. The highest BCUT2D eigenvalue weighted by Crippen LogP contribution is 2.50. The van der Waals surface area contributed by atoms with Crippen molar-refractivity contribution in [3.8, 4) is 12.1 Å². The number of para-hydroxylation sites is 2. The number of nitrogens with zero attached hydrogens (tertiary/aromatic N) is 4. The van der Waals surface area contributed by atoms with E-state index in [4.69, 9.17) is 0 Å². The van der Waals surface area contributed by atoms with Crippen LogP contribution < -0.4 is 9.80 Å². The standard InChI is InChI=1S/C34H22N4O4S2/c35-19-23(33(39)40)15-21-9-11-27-31(17-21)43-29-7-3-1-5-25(29)37(27)13-14-38-26-6-2-4-8-30(26)44-32-18-22(10-12-28(32)38)16-24(20-36)34(41)42/h1-12,15-18H,13-14H2,(H,39,40)(H,41,42)/b23-15+,24-16+. The maximum atomic E-state index is 11.4. The lowest BCUT2D eigenvalue weighted by Gasteiger charge is -2.37. The van der Waals surface area contributed by atoms with Crippen LogP contribution in [0.1, 0.15) is 11.1 Å². The molecule has 4 aromatic carbocycles. The summed E-state index contributed by atoms with van der Waals surface area (Å²) in [5, 5.41) is 37.1. The molecule has 2 N–H and O–H groups in total. The number of anilines is 4. The van der Waals surface area contributed by atoms with Crippen molar-refractivity contribution in [2.24, 2.45) is 0 Å². The van der Waals surface area contributed by atoms with E-state index in [0.717, 1.165) is 42.3 Å². The molecule has 2 heterocycles. The number of fused-ring (bicyclic) bond motifs is 4. The van der Waals surface area contributed by atoms with E-state index in [0.29, 0.717) is 24.2 Å². The van der Waals surface area contributed by atoms with Gasteiger partial charge in [-0.2, -0.15) is 10.5 Å². The summed E-state index contributed by atoms with van der Waals surface area (Å²) >= 11 is 3.21. The van der Waals surface area contributed by atoms with Crippen LogP contribution in [0.2, 0.25) is 0 Å². The molecule has 10 heteroatoms. The summed E-state index contributed by atoms with van der Waals surface area (Å²) in [5.74, 6) is -2.53. The second-order valence-corrected chi connectivity index (χ2v) is 12.0. The largest absolute Gasteiger partial charge is 0.477 e. The third-order valence-electron chi connectivity index (χ3n) is 7.17. The van der Waals surface area contributed by atoms with Gasteiger partial charge in [0.15, 0.2) is 0 Å². The molecule has 0 saturated carbocycles. The highest BCUT2D eigenvalue weighted by atomic mass is 32.2. The molecule has 0 amide bonds. The zero-order chi connectivity index (χ0) is 30.8. The van der Waals surface area contributed by atoms with Crippen LogP contribution in [0.25, 0.3) is 12.2 Å². The number of carboxylic acid groups (broad SMARTS) is 2. The Morgan fingerprint density at radius 1 is 0.614 bits per heavy atom. The third-order valence-corrected chi connectivity index (χ3v) is 9.40. The van der Waals surface area contributed by atoms with Gasteiger partial charge in [-0.1, -0.05) is 59.9 Å². The molecule has 6 rings (SSSR count). The van der Waals surface area contributed by atoms with E-state index in [1.165, 1.54) is 12.2 Å². The molecule has 0 atom stereocenters. The van der Waals surface area contributed by atoms with E-state index in [2.05, 4.69) is 34.1 Å². The van der Waals surface area contributed by atoms with Gasteiger partial charge in [-0.05, 0) is 71.8 Å². The molecule has 214 valence electrons. The summed E-state index contributed by atoms with van der Waals surface area (Å²) in [6.07, 6.45) is 2.76. The lowest BCUT2D eigenvalue weighted by molar-refractivity contribution is -0.133. The summed E-state index contributed by atoms with van der Waals surface area (Å²) in [4.78, 5) is 31.4. The molecule has 4 aromatic rings. The van der Waals surface area contributed by atoms with Gasteiger partial charge in [0.1, 0.15) is 23.3 Å². The summed E-state index contributed by atoms with van der Waals surface area (Å²) < 4.78 is 0. The van der Waals surface area contributed by atoms with Gasteiger partial charge in [-0.3, -0.25) is 0 Å². The molecule has 44 heavy (non-hydrogen) atoms. The van der Waals surface area contributed by atoms with Gasteiger partial charge in [0.25, 0.3) is 0 Å². The van der Waals surface area contributed by atoms with Gasteiger partial charge in [-0.15, -0.1) is 0 Å². The molecule has 0 bridgehead atoms. The van der Waals surface area contributed by atoms with Gasteiger partial charge >= 0.3 is 11.9 Å². The van der Waals surface area contributed by atoms with Crippen LogP contribution in [-0.2, 0) is 9.59 Å². The predicted molar refractivity (Wildman–Crippen MR) is 170 cm³/mol. The zero-order valence-corrected chi connectivity index (χ0v) is 24.6. The lowest BCUT2D eigenvalue weighted by Crippen LogP contribution is -2.32. The predicted octanol–water partition coefficient (Wildman–Crippen LogP) is 7.58. The first-order valence-corrected chi connectivity index (χ1v) is 15.1. The van der Waals surface area contributed by atoms with Crippen LogP contribution in [-0.4, -0.2) is 35.2 Å². The molecular weight excluding hydrogens is 593 g/mol. The summed E-state index contributed by atoms with van der Waals surface area (Å²) in [6, 6.07) is 31.1. The highest BCUT2D eigenvalue weighted by molar-refractivity contribution is 8.00. The maximum absolute atomic E-state index is 11.4. The Kier molecular flexibility index (Phi) is 7.86. The van der Waals surface area contributed by atoms with Gasteiger partial charge in [0.2, 0.25) is 0 Å². The topological polar surface area (TPSA) is 129 Å². The normalized spacial score (nSPS) is 13.5. The molecule has 0 aliphatic carbocycles. The van der Waals surface area contributed by atoms with Crippen LogP contribution in [0.4, 0.5) is 22.7 Å². The minimum atomic E-state index is -1.26. The zero-order valence-electron chi connectivity index (χ0n) is 23.0. The molecule has 0 unspecified atom stereocenters. The molecule has 0 saturated heterocycles. The number of aliphatic carboxylic acids is 2. The van der Waals surface area contributed by atoms with E-state index in [1.807, 2.05) is 60.7 Å². The van der Waals surface area contributed by atoms with Crippen molar-refractivity contribution in [2.75, 3.05) is 22.9 Å². The van der Waals surface area contributed by atoms with E-state index >= 15 is 0 Å². The van der Waals surface area contributed by atoms with Crippen LogP contribution in [0, 0.1) is 22.7 Å². The van der Waals surface area contributed by atoms with Crippen molar-refractivity contribution in [1.29, 1.82) is 10.5 Å². The Balaban J connectivity index is 1.36. The van der Waals surface area contributed by atoms with Crippen molar-refractivity contribution in [1.82, 2.24) is 0 Å². The first-order valence-electron chi connectivity index (χ1n) is 13.4. The Hall–Kier alpha value is -5.42. The number of carboxylic acids is 2. The van der Waals surface area contributed by atoms with E-state index in [-0.39, 0.29) is 11.1 Å². The van der Waals surface area contributed by atoms with Crippen molar-refractivity contribution < 1.29 is 19.8 Å². The van der Waals surface area contributed by atoms with Gasteiger partial charge in [0.05, 0.1) is 22.7 Å². The lowest BCUT2D eigenvalue weighted by atomic mass is 10.1.